The summed E-state index contributed by atoms with van der Waals surface area (Å²) in [5.74, 6) is 1.32. The molecule has 4 heteroatoms. The van der Waals surface area contributed by atoms with Crippen molar-refractivity contribution in [2.24, 2.45) is 5.92 Å². The summed E-state index contributed by atoms with van der Waals surface area (Å²) in [4.78, 5) is 6.80. The summed E-state index contributed by atoms with van der Waals surface area (Å²) in [5.41, 5.74) is 1.05. The molecular formula is C13H20N2O2. The molecule has 1 aliphatic heterocycles. The molecule has 1 aromatic rings. The largest absolute Gasteiger partial charge is 0.481 e. The average Bonchev–Trinajstić information content (AvgIpc) is 2.77. The number of hydrogen-bond acceptors (Lipinski definition) is 4. The van der Waals surface area contributed by atoms with Crippen LogP contribution in [-0.4, -0.2) is 41.8 Å². The van der Waals surface area contributed by atoms with Gasteiger partial charge in [-0.05, 0) is 31.4 Å². The van der Waals surface area contributed by atoms with Gasteiger partial charge in [-0.1, -0.05) is 6.07 Å². The SMILES string of the molecule is COc1cccc(CN2CCC(CCO)C2)n1. The van der Waals surface area contributed by atoms with Crippen LogP contribution in [0.1, 0.15) is 18.5 Å². The molecule has 0 aliphatic carbocycles. The van der Waals surface area contributed by atoms with Crippen molar-refractivity contribution in [3.05, 3.63) is 23.9 Å². The number of pyridine rings is 1. The number of ether oxygens (including phenoxy) is 1. The number of likely N-dealkylation sites (tertiary alicyclic amines) is 1. The van der Waals surface area contributed by atoms with Gasteiger partial charge in [-0.2, -0.15) is 0 Å². The van der Waals surface area contributed by atoms with Crippen molar-refractivity contribution in [1.29, 1.82) is 0 Å². The number of aliphatic hydroxyl groups is 1. The highest BCUT2D eigenvalue weighted by molar-refractivity contribution is 5.15. The van der Waals surface area contributed by atoms with E-state index in [0.29, 0.717) is 18.4 Å². The summed E-state index contributed by atoms with van der Waals surface area (Å²) in [6.45, 7) is 3.35. The third-order valence-electron chi connectivity index (χ3n) is 3.28. The van der Waals surface area contributed by atoms with E-state index in [1.165, 1.54) is 6.42 Å². The number of methoxy groups -OCH3 is 1. The minimum absolute atomic E-state index is 0.302. The Labute approximate surface area is 102 Å². The fourth-order valence-electron chi connectivity index (χ4n) is 2.36. The predicted molar refractivity (Wildman–Crippen MR) is 65.9 cm³/mol. The molecule has 1 atom stereocenters. The van der Waals surface area contributed by atoms with Crippen molar-refractivity contribution in [3.63, 3.8) is 0 Å². The first-order chi connectivity index (χ1) is 8.31. The molecule has 17 heavy (non-hydrogen) atoms. The van der Waals surface area contributed by atoms with Gasteiger partial charge >= 0.3 is 0 Å². The van der Waals surface area contributed by atoms with Gasteiger partial charge in [-0.25, -0.2) is 4.98 Å². The zero-order valence-electron chi connectivity index (χ0n) is 10.3. The summed E-state index contributed by atoms with van der Waals surface area (Å²) in [6, 6.07) is 5.87. The lowest BCUT2D eigenvalue weighted by Gasteiger charge is -2.15. The highest BCUT2D eigenvalue weighted by atomic mass is 16.5. The molecule has 2 heterocycles. The normalized spacial score (nSPS) is 20.7. The lowest BCUT2D eigenvalue weighted by Crippen LogP contribution is -2.21. The molecule has 0 radical (unpaired) electrons. The molecule has 0 amide bonds. The second-order valence-corrected chi connectivity index (χ2v) is 4.57. The third-order valence-corrected chi connectivity index (χ3v) is 3.28. The first-order valence-corrected chi connectivity index (χ1v) is 6.15. The molecule has 0 spiro atoms. The second-order valence-electron chi connectivity index (χ2n) is 4.57. The second kappa shape index (κ2) is 5.98. The van der Waals surface area contributed by atoms with Crippen LogP contribution in [0.25, 0.3) is 0 Å². The first-order valence-electron chi connectivity index (χ1n) is 6.15. The summed E-state index contributed by atoms with van der Waals surface area (Å²) in [6.07, 6.45) is 2.10. The Bertz CT molecular complexity index is 357. The van der Waals surface area contributed by atoms with Crippen LogP contribution in [-0.2, 0) is 6.54 Å². The van der Waals surface area contributed by atoms with Gasteiger partial charge in [0, 0.05) is 25.8 Å². The van der Waals surface area contributed by atoms with Crippen LogP contribution in [0.4, 0.5) is 0 Å². The van der Waals surface area contributed by atoms with Gasteiger partial charge in [-0.15, -0.1) is 0 Å². The minimum atomic E-state index is 0.302. The van der Waals surface area contributed by atoms with E-state index in [4.69, 9.17) is 9.84 Å². The van der Waals surface area contributed by atoms with Gasteiger partial charge in [0.2, 0.25) is 5.88 Å². The molecule has 4 nitrogen and oxygen atoms in total. The van der Waals surface area contributed by atoms with Crippen LogP contribution in [0.2, 0.25) is 0 Å². The molecule has 94 valence electrons. The van der Waals surface area contributed by atoms with Crippen LogP contribution in [0.15, 0.2) is 18.2 Å². The molecule has 1 aliphatic rings. The summed E-state index contributed by atoms with van der Waals surface area (Å²) in [5, 5.41) is 8.92. The van der Waals surface area contributed by atoms with Crippen LogP contribution < -0.4 is 4.74 Å². The van der Waals surface area contributed by atoms with Gasteiger partial charge in [0.15, 0.2) is 0 Å². The summed E-state index contributed by atoms with van der Waals surface area (Å²) in [7, 11) is 1.64. The number of rotatable bonds is 5. The van der Waals surface area contributed by atoms with E-state index in [9.17, 15) is 0 Å². The molecule has 1 saturated heterocycles. The monoisotopic (exact) mass is 236 g/mol. The predicted octanol–water partition coefficient (Wildman–Crippen LogP) is 1.29. The highest BCUT2D eigenvalue weighted by Crippen LogP contribution is 2.21. The van der Waals surface area contributed by atoms with Gasteiger partial charge in [-0.3, -0.25) is 4.90 Å². The van der Waals surface area contributed by atoms with Crippen LogP contribution >= 0.6 is 0 Å². The Morgan fingerprint density at radius 3 is 3.18 bits per heavy atom. The molecule has 2 rings (SSSR count). The highest BCUT2D eigenvalue weighted by Gasteiger charge is 2.22. The van der Waals surface area contributed by atoms with E-state index in [-0.39, 0.29) is 0 Å². The van der Waals surface area contributed by atoms with Gasteiger partial charge in [0.25, 0.3) is 0 Å². The van der Waals surface area contributed by atoms with Crippen molar-refractivity contribution in [2.45, 2.75) is 19.4 Å². The quantitative estimate of drug-likeness (QED) is 0.837. The lowest BCUT2D eigenvalue weighted by atomic mass is 10.1. The zero-order chi connectivity index (χ0) is 12.1. The van der Waals surface area contributed by atoms with Crippen LogP contribution in [0.3, 0.4) is 0 Å². The number of hydrogen-bond donors (Lipinski definition) is 1. The lowest BCUT2D eigenvalue weighted by molar-refractivity contribution is 0.248. The van der Waals surface area contributed by atoms with E-state index in [0.717, 1.165) is 31.7 Å². The van der Waals surface area contributed by atoms with Crippen molar-refractivity contribution >= 4 is 0 Å². The molecule has 1 aromatic heterocycles. The maximum Gasteiger partial charge on any atom is 0.213 e. The Balaban J connectivity index is 1.88. The molecular weight excluding hydrogens is 216 g/mol. The molecule has 0 saturated carbocycles. The fraction of sp³-hybridized carbons (Fsp3) is 0.615. The fourth-order valence-corrected chi connectivity index (χ4v) is 2.36. The van der Waals surface area contributed by atoms with E-state index in [2.05, 4.69) is 9.88 Å². The Hall–Kier alpha value is -1.13. The zero-order valence-corrected chi connectivity index (χ0v) is 10.3. The third kappa shape index (κ3) is 3.41. The Kier molecular flexibility index (Phi) is 4.34. The molecule has 1 N–H and O–H groups in total. The summed E-state index contributed by atoms with van der Waals surface area (Å²) < 4.78 is 5.12. The standard InChI is InChI=1S/C13H20N2O2/c1-17-13-4-2-3-12(14-13)10-15-7-5-11(9-15)6-8-16/h2-4,11,16H,5-10H2,1H3. The van der Waals surface area contributed by atoms with E-state index < -0.39 is 0 Å². The van der Waals surface area contributed by atoms with Gasteiger partial charge in [0.05, 0.1) is 12.8 Å². The van der Waals surface area contributed by atoms with Gasteiger partial charge < -0.3 is 9.84 Å². The van der Waals surface area contributed by atoms with Crippen molar-refractivity contribution in [3.8, 4) is 5.88 Å². The molecule has 1 unspecified atom stereocenters. The number of nitrogens with zero attached hydrogens (tertiary/aromatic N) is 2. The Morgan fingerprint density at radius 1 is 1.53 bits per heavy atom. The van der Waals surface area contributed by atoms with Crippen molar-refractivity contribution in [2.75, 3.05) is 26.8 Å². The van der Waals surface area contributed by atoms with Crippen molar-refractivity contribution in [1.82, 2.24) is 9.88 Å². The van der Waals surface area contributed by atoms with Crippen LogP contribution in [0, 0.1) is 5.92 Å². The smallest absolute Gasteiger partial charge is 0.213 e. The van der Waals surface area contributed by atoms with E-state index in [1.54, 1.807) is 7.11 Å². The maximum absolute atomic E-state index is 8.92. The first kappa shape index (κ1) is 12.3. The summed E-state index contributed by atoms with van der Waals surface area (Å²) >= 11 is 0. The van der Waals surface area contributed by atoms with Crippen molar-refractivity contribution < 1.29 is 9.84 Å². The van der Waals surface area contributed by atoms with E-state index >= 15 is 0 Å². The molecule has 0 aromatic carbocycles. The van der Waals surface area contributed by atoms with Crippen LogP contribution in [0.5, 0.6) is 5.88 Å². The molecule has 0 bridgehead atoms. The van der Waals surface area contributed by atoms with E-state index in [1.807, 2.05) is 18.2 Å². The maximum atomic E-state index is 8.92. The molecule has 1 fully saturated rings. The minimum Gasteiger partial charge on any atom is -0.481 e. The van der Waals surface area contributed by atoms with Gasteiger partial charge in [0.1, 0.15) is 0 Å². The topological polar surface area (TPSA) is 45.6 Å². The Morgan fingerprint density at radius 2 is 2.41 bits per heavy atom. The number of aliphatic hydroxyl groups excluding tert-OH is 1. The number of aromatic nitrogens is 1. The average molecular weight is 236 g/mol.